The van der Waals surface area contributed by atoms with E-state index in [1.165, 1.54) is 6.92 Å². The molecule has 1 unspecified atom stereocenters. The number of hydrogen-bond acceptors (Lipinski definition) is 4. The van der Waals surface area contributed by atoms with Crippen LogP contribution < -0.4 is 10.6 Å². The largest absolute Gasteiger partial charge is 0.353 e. The Bertz CT molecular complexity index is 717. The lowest BCUT2D eigenvalue weighted by atomic mass is 10.0. The van der Waals surface area contributed by atoms with Crippen molar-refractivity contribution >= 4 is 33.2 Å². The highest BCUT2D eigenvalue weighted by molar-refractivity contribution is 7.17. The van der Waals surface area contributed by atoms with Gasteiger partial charge in [0.15, 0.2) is 0 Å². The van der Waals surface area contributed by atoms with Crippen molar-refractivity contribution in [3.63, 3.8) is 0 Å². The Morgan fingerprint density at radius 2 is 2.14 bits per heavy atom. The van der Waals surface area contributed by atoms with Gasteiger partial charge in [0, 0.05) is 24.6 Å². The van der Waals surface area contributed by atoms with Gasteiger partial charge in [-0.3, -0.25) is 9.59 Å². The number of carbonyl (C=O) groups is 2. The Balaban J connectivity index is 2.14. The highest BCUT2D eigenvalue weighted by Gasteiger charge is 2.21. The number of hydrogen-bond donors (Lipinski definition) is 2. The van der Waals surface area contributed by atoms with Crippen molar-refractivity contribution in [3.05, 3.63) is 35.2 Å². The van der Waals surface area contributed by atoms with Crippen LogP contribution in [0.2, 0.25) is 0 Å². The summed E-state index contributed by atoms with van der Waals surface area (Å²) >= 11 is 1.62. The second-order valence-electron chi connectivity index (χ2n) is 4.91. The zero-order valence-electron chi connectivity index (χ0n) is 12.3. The molecule has 0 aliphatic rings. The molecule has 0 saturated carbocycles. The van der Waals surface area contributed by atoms with Crippen LogP contribution in [0.1, 0.15) is 18.9 Å². The molecule has 6 heteroatoms. The van der Waals surface area contributed by atoms with Gasteiger partial charge in [-0.15, -0.1) is 11.3 Å². The molecular weight excluding hydrogens is 298 g/mol. The zero-order valence-corrected chi connectivity index (χ0v) is 13.1. The summed E-state index contributed by atoms with van der Waals surface area (Å²) in [6.07, 6.45) is 0.682. The SMILES string of the molecule is CC(=O)NC(Cc1csc2ccccc12)C(=O)NCCC#N. The minimum atomic E-state index is -0.630. The first-order chi connectivity index (χ1) is 10.6. The summed E-state index contributed by atoms with van der Waals surface area (Å²) in [4.78, 5) is 23.5. The maximum atomic E-state index is 12.2. The molecule has 1 aromatic heterocycles. The molecule has 2 rings (SSSR count). The van der Waals surface area contributed by atoms with E-state index < -0.39 is 6.04 Å². The highest BCUT2D eigenvalue weighted by atomic mass is 32.1. The molecule has 114 valence electrons. The lowest BCUT2D eigenvalue weighted by molar-refractivity contribution is -0.128. The van der Waals surface area contributed by atoms with Crippen LogP contribution in [0.4, 0.5) is 0 Å². The van der Waals surface area contributed by atoms with Crippen molar-refractivity contribution in [3.8, 4) is 6.07 Å². The molecule has 5 nitrogen and oxygen atoms in total. The van der Waals surface area contributed by atoms with E-state index in [0.717, 1.165) is 15.6 Å². The molecule has 1 aromatic carbocycles. The van der Waals surface area contributed by atoms with E-state index in [-0.39, 0.29) is 24.8 Å². The number of nitrogens with zero attached hydrogens (tertiary/aromatic N) is 1. The van der Waals surface area contributed by atoms with E-state index in [0.29, 0.717) is 6.42 Å². The van der Waals surface area contributed by atoms with Crippen LogP contribution >= 0.6 is 11.3 Å². The zero-order chi connectivity index (χ0) is 15.9. The number of rotatable bonds is 6. The molecule has 0 radical (unpaired) electrons. The van der Waals surface area contributed by atoms with Crippen molar-refractivity contribution in [2.24, 2.45) is 0 Å². The first-order valence-electron chi connectivity index (χ1n) is 6.98. The molecule has 0 bridgehead atoms. The summed E-state index contributed by atoms with van der Waals surface area (Å²) in [5.41, 5.74) is 1.04. The fraction of sp³-hybridized carbons (Fsp3) is 0.312. The van der Waals surface area contributed by atoms with Crippen molar-refractivity contribution in [2.75, 3.05) is 6.54 Å². The summed E-state index contributed by atoms with van der Waals surface area (Å²) in [7, 11) is 0. The van der Waals surface area contributed by atoms with Crippen LogP contribution in [-0.2, 0) is 16.0 Å². The highest BCUT2D eigenvalue weighted by Crippen LogP contribution is 2.26. The van der Waals surface area contributed by atoms with Gasteiger partial charge in [-0.1, -0.05) is 18.2 Å². The summed E-state index contributed by atoms with van der Waals surface area (Å²) in [6.45, 7) is 1.68. The molecule has 0 aliphatic heterocycles. The van der Waals surface area contributed by atoms with Gasteiger partial charge in [-0.25, -0.2) is 0 Å². The first-order valence-corrected chi connectivity index (χ1v) is 7.86. The van der Waals surface area contributed by atoms with Gasteiger partial charge < -0.3 is 10.6 Å². The summed E-state index contributed by atoms with van der Waals surface area (Å²) in [5.74, 6) is -0.513. The Kier molecular flexibility index (Phi) is 5.50. The van der Waals surface area contributed by atoms with Crippen molar-refractivity contribution in [2.45, 2.75) is 25.8 Å². The standard InChI is InChI=1S/C16H17N3O2S/c1-11(20)19-14(16(21)18-8-4-7-17)9-12-10-22-15-6-3-2-5-13(12)15/h2-3,5-6,10,14H,4,8-9H2,1H3,(H,18,21)(H,19,20). The summed E-state index contributed by atoms with van der Waals surface area (Å²) in [6, 6.07) is 9.32. The smallest absolute Gasteiger partial charge is 0.242 e. The van der Waals surface area contributed by atoms with E-state index in [2.05, 4.69) is 10.6 Å². The van der Waals surface area contributed by atoms with Gasteiger partial charge in [-0.2, -0.15) is 5.26 Å². The topological polar surface area (TPSA) is 82.0 Å². The van der Waals surface area contributed by atoms with Crippen LogP contribution in [0.5, 0.6) is 0 Å². The van der Waals surface area contributed by atoms with Crippen LogP contribution in [0.15, 0.2) is 29.6 Å². The molecular formula is C16H17N3O2S. The summed E-state index contributed by atoms with van der Waals surface area (Å²) in [5, 5.41) is 17.0. The van der Waals surface area contributed by atoms with Crippen molar-refractivity contribution in [1.29, 1.82) is 5.26 Å². The molecule has 0 saturated heterocycles. The average molecular weight is 315 g/mol. The van der Waals surface area contributed by atoms with E-state index in [9.17, 15) is 9.59 Å². The Morgan fingerprint density at radius 3 is 2.86 bits per heavy atom. The van der Waals surface area contributed by atoms with Gasteiger partial charge in [0.2, 0.25) is 11.8 Å². The van der Waals surface area contributed by atoms with E-state index in [1.54, 1.807) is 11.3 Å². The molecule has 1 atom stereocenters. The van der Waals surface area contributed by atoms with Crippen LogP contribution in [0.25, 0.3) is 10.1 Å². The maximum Gasteiger partial charge on any atom is 0.242 e. The molecule has 0 aliphatic carbocycles. The predicted octanol–water partition coefficient (Wildman–Crippen LogP) is 1.98. The quantitative estimate of drug-likeness (QED) is 0.800. The third kappa shape index (κ3) is 4.06. The Labute approximate surface area is 132 Å². The normalized spacial score (nSPS) is 11.6. The molecule has 0 fully saturated rings. The number of nitriles is 1. The number of thiophene rings is 1. The number of benzene rings is 1. The molecule has 2 aromatic rings. The minimum absolute atomic E-state index is 0.250. The summed E-state index contributed by atoms with van der Waals surface area (Å²) < 4.78 is 1.16. The fourth-order valence-corrected chi connectivity index (χ4v) is 3.21. The number of nitrogens with one attached hydrogen (secondary N) is 2. The van der Waals surface area contributed by atoms with Gasteiger partial charge in [0.1, 0.15) is 6.04 Å². The lowest BCUT2D eigenvalue weighted by Gasteiger charge is -2.17. The van der Waals surface area contributed by atoms with Gasteiger partial charge in [0.25, 0.3) is 0 Å². The number of amides is 2. The number of fused-ring (bicyclic) bond motifs is 1. The minimum Gasteiger partial charge on any atom is -0.353 e. The van der Waals surface area contributed by atoms with Crippen LogP contribution in [0, 0.1) is 11.3 Å². The van der Waals surface area contributed by atoms with Crippen molar-refractivity contribution in [1.82, 2.24) is 10.6 Å². The average Bonchev–Trinajstić information content (AvgIpc) is 2.90. The molecule has 0 spiro atoms. The van der Waals surface area contributed by atoms with E-state index in [4.69, 9.17) is 5.26 Å². The van der Waals surface area contributed by atoms with Gasteiger partial charge >= 0.3 is 0 Å². The van der Waals surface area contributed by atoms with Crippen LogP contribution in [-0.4, -0.2) is 24.4 Å². The molecule has 2 N–H and O–H groups in total. The Hall–Kier alpha value is -2.39. The van der Waals surface area contributed by atoms with E-state index in [1.807, 2.05) is 35.7 Å². The fourth-order valence-electron chi connectivity index (χ4n) is 2.23. The van der Waals surface area contributed by atoms with Gasteiger partial charge in [0.05, 0.1) is 12.5 Å². The molecule has 22 heavy (non-hydrogen) atoms. The number of carbonyl (C=O) groups excluding carboxylic acids is 2. The lowest BCUT2D eigenvalue weighted by Crippen LogP contribution is -2.47. The second-order valence-corrected chi connectivity index (χ2v) is 5.82. The van der Waals surface area contributed by atoms with Crippen LogP contribution in [0.3, 0.4) is 0 Å². The molecule has 2 amide bonds. The first kappa shape index (κ1) is 16.0. The maximum absolute atomic E-state index is 12.2. The third-order valence-corrected chi connectivity index (χ3v) is 4.23. The van der Waals surface area contributed by atoms with Gasteiger partial charge in [-0.05, 0) is 22.4 Å². The third-order valence-electron chi connectivity index (χ3n) is 3.22. The van der Waals surface area contributed by atoms with E-state index >= 15 is 0 Å². The van der Waals surface area contributed by atoms with Crippen molar-refractivity contribution < 1.29 is 9.59 Å². The predicted molar refractivity (Wildman–Crippen MR) is 86.4 cm³/mol. The second kappa shape index (κ2) is 7.57. The Morgan fingerprint density at radius 1 is 1.36 bits per heavy atom. The monoisotopic (exact) mass is 315 g/mol. The molecule has 1 heterocycles.